The molecule has 1 aromatic carbocycles. The van der Waals surface area contributed by atoms with Crippen LogP contribution in [0.5, 0.6) is 0 Å². The van der Waals surface area contributed by atoms with E-state index in [0.717, 1.165) is 0 Å². The van der Waals surface area contributed by atoms with Gasteiger partial charge in [-0.2, -0.15) is 0 Å². The first kappa shape index (κ1) is 25.0. The molecule has 0 aromatic heterocycles. The molecule has 2 saturated heterocycles. The van der Waals surface area contributed by atoms with Crippen molar-refractivity contribution in [3.8, 4) is 0 Å². The molecule has 1 aromatic rings. The van der Waals surface area contributed by atoms with Gasteiger partial charge in [-0.25, -0.2) is 4.79 Å². The molecule has 0 spiro atoms. The third-order valence-corrected chi connectivity index (χ3v) is 6.66. The van der Waals surface area contributed by atoms with Gasteiger partial charge in [0.25, 0.3) is 0 Å². The van der Waals surface area contributed by atoms with E-state index in [1.54, 1.807) is 0 Å². The summed E-state index contributed by atoms with van der Waals surface area (Å²) >= 11 is 0. The Bertz CT molecular complexity index is 845. The highest BCUT2D eigenvalue weighted by Crippen LogP contribution is 2.41. The lowest BCUT2D eigenvalue weighted by molar-refractivity contribution is -0.161. The second-order valence-electron chi connectivity index (χ2n) is 10.5. The van der Waals surface area contributed by atoms with Gasteiger partial charge in [0.05, 0.1) is 11.8 Å². The number of rotatable bonds is 6. The van der Waals surface area contributed by atoms with Crippen molar-refractivity contribution >= 4 is 18.0 Å². The Labute approximate surface area is 196 Å². The number of carbonyl (C=O) groups excluding carboxylic acids is 2. The zero-order chi connectivity index (χ0) is 24.2. The Morgan fingerprint density at radius 1 is 1.15 bits per heavy atom. The molecule has 8 nitrogen and oxygen atoms in total. The maximum Gasteiger partial charge on any atom is 0.407 e. The van der Waals surface area contributed by atoms with E-state index < -0.39 is 17.1 Å². The van der Waals surface area contributed by atoms with Gasteiger partial charge in [0.1, 0.15) is 5.60 Å². The molecule has 0 radical (unpaired) electrons. The van der Waals surface area contributed by atoms with Gasteiger partial charge < -0.3 is 20.1 Å². The summed E-state index contributed by atoms with van der Waals surface area (Å²) < 4.78 is 5.60. The van der Waals surface area contributed by atoms with E-state index in [4.69, 9.17) is 4.74 Å². The molecule has 8 heteroatoms. The predicted molar refractivity (Wildman–Crippen MR) is 125 cm³/mol. The molecule has 2 amide bonds. The van der Waals surface area contributed by atoms with E-state index in [1.165, 1.54) is 10.5 Å². The Morgan fingerprint density at radius 2 is 1.79 bits per heavy atom. The number of hydrogen-bond acceptors (Lipinski definition) is 5. The summed E-state index contributed by atoms with van der Waals surface area (Å²) in [6.45, 7) is 10.2. The highest BCUT2D eigenvalue weighted by atomic mass is 16.6. The number of amides is 2. The van der Waals surface area contributed by atoms with Gasteiger partial charge in [-0.3, -0.25) is 14.5 Å². The van der Waals surface area contributed by atoms with Crippen molar-refractivity contribution in [3.63, 3.8) is 0 Å². The number of nitrogens with zero attached hydrogens (tertiary/aromatic N) is 2. The normalized spacial score (nSPS) is 24.5. The first-order valence-electron chi connectivity index (χ1n) is 11.8. The van der Waals surface area contributed by atoms with E-state index in [-0.39, 0.29) is 30.3 Å². The Hall–Kier alpha value is -2.61. The molecule has 3 rings (SSSR count). The molecule has 0 saturated carbocycles. The maximum atomic E-state index is 13.7. The zero-order valence-electron chi connectivity index (χ0n) is 20.2. The summed E-state index contributed by atoms with van der Waals surface area (Å²) in [7, 11) is 0. The number of likely N-dealkylation sites (tertiary alicyclic amines) is 2. The van der Waals surface area contributed by atoms with Crippen LogP contribution in [0.4, 0.5) is 4.79 Å². The summed E-state index contributed by atoms with van der Waals surface area (Å²) in [5, 5.41) is 12.3. The third kappa shape index (κ3) is 6.47. The molecule has 2 heterocycles. The number of piperidine rings is 1. The standard InChI is InChI=1S/C25H37N3O5/c1-18-15-27(16-19-8-6-5-7-9-19)17-25(18,14-21(29)33-24(2,3)4)22(30)26-20-10-12-28(13-11-20)23(31)32/h5-9,18,20H,10-17H2,1-4H3,(H,26,30)(H,31,32)/t18-,25+/m0/s1. The number of hydrogen-bond donors (Lipinski definition) is 2. The zero-order valence-corrected chi connectivity index (χ0v) is 20.2. The molecular weight excluding hydrogens is 422 g/mol. The third-order valence-electron chi connectivity index (χ3n) is 6.66. The quantitative estimate of drug-likeness (QED) is 0.634. The van der Waals surface area contributed by atoms with E-state index in [0.29, 0.717) is 45.6 Å². The molecule has 0 unspecified atom stereocenters. The van der Waals surface area contributed by atoms with Crippen molar-refractivity contribution in [1.29, 1.82) is 0 Å². The first-order chi connectivity index (χ1) is 15.5. The topological polar surface area (TPSA) is 99.2 Å². The number of nitrogens with one attached hydrogen (secondary N) is 1. The lowest BCUT2D eigenvalue weighted by Gasteiger charge is -2.36. The van der Waals surface area contributed by atoms with Crippen LogP contribution >= 0.6 is 0 Å². The van der Waals surface area contributed by atoms with Crippen molar-refractivity contribution in [2.45, 2.75) is 65.1 Å². The fourth-order valence-corrected chi connectivity index (χ4v) is 4.93. The summed E-state index contributed by atoms with van der Waals surface area (Å²) in [4.78, 5) is 41.3. The maximum absolute atomic E-state index is 13.7. The summed E-state index contributed by atoms with van der Waals surface area (Å²) in [5.41, 5.74) is -0.343. The fraction of sp³-hybridized carbons (Fsp3) is 0.640. The van der Waals surface area contributed by atoms with Crippen LogP contribution < -0.4 is 5.32 Å². The van der Waals surface area contributed by atoms with Crippen LogP contribution in [0.25, 0.3) is 0 Å². The molecule has 2 fully saturated rings. The number of carboxylic acid groups (broad SMARTS) is 1. The van der Waals surface area contributed by atoms with Crippen molar-refractivity contribution < 1.29 is 24.2 Å². The van der Waals surface area contributed by atoms with Gasteiger partial charge in [-0.05, 0) is 45.1 Å². The molecule has 0 bridgehead atoms. The van der Waals surface area contributed by atoms with Crippen molar-refractivity contribution in [3.05, 3.63) is 35.9 Å². The lowest BCUT2D eigenvalue weighted by atomic mass is 9.75. The second kappa shape index (κ2) is 10.1. The van der Waals surface area contributed by atoms with Gasteiger partial charge in [0.15, 0.2) is 0 Å². The van der Waals surface area contributed by atoms with E-state index in [2.05, 4.69) is 22.3 Å². The molecule has 0 aliphatic carbocycles. The molecule has 2 aliphatic rings. The molecule has 2 aliphatic heterocycles. The molecule has 33 heavy (non-hydrogen) atoms. The van der Waals surface area contributed by atoms with Crippen LogP contribution in [0.2, 0.25) is 0 Å². The Balaban J connectivity index is 1.74. The Kier molecular flexibility index (Phi) is 7.67. The highest BCUT2D eigenvalue weighted by Gasteiger charge is 2.52. The van der Waals surface area contributed by atoms with Crippen molar-refractivity contribution in [1.82, 2.24) is 15.1 Å². The van der Waals surface area contributed by atoms with Gasteiger partial charge in [-0.1, -0.05) is 37.3 Å². The van der Waals surface area contributed by atoms with Crippen LogP contribution in [0.1, 0.15) is 52.5 Å². The molecule has 182 valence electrons. The van der Waals surface area contributed by atoms with Crippen molar-refractivity contribution in [2.75, 3.05) is 26.2 Å². The van der Waals surface area contributed by atoms with E-state index in [9.17, 15) is 19.5 Å². The van der Waals surface area contributed by atoms with Gasteiger partial charge >= 0.3 is 12.1 Å². The van der Waals surface area contributed by atoms with Gasteiger partial charge in [-0.15, -0.1) is 0 Å². The lowest BCUT2D eigenvalue weighted by Crippen LogP contribution is -2.53. The largest absolute Gasteiger partial charge is 0.465 e. The van der Waals surface area contributed by atoms with Crippen LogP contribution in [-0.4, -0.2) is 70.7 Å². The SMILES string of the molecule is C[C@H]1CN(Cc2ccccc2)C[C@@]1(CC(=O)OC(C)(C)C)C(=O)NC1CCN(C(=O)O)CC1. The molecular formula is C25H37N3O5. The minimum atomic E-state index is -0.929. The fourth-order valence-electron chi connectivity index (χ4n) is 4.93. The minimum Gasteiger partial charge on any atom is -0.465 e. The number of ether oxygens (including phenoxy) is 1. The van der Waals surface area contributed by atoms with Crippen LogP contribution in [0.3, 0.4) is 0 Å². The smallest absolute Gasteiger partial charge is 0.407 e. The minimum absolute atomic E-state index is 0.0243. The molecule has 2 N–H and O–H groups in total. The van der Waals surface area contributed by atoms with Crippen molar-refractivity contribution in [2.24, 2.45) is 11.3 Å². The van der Waals surface area contributed by atoms with E-state index >= 15 is 0 Å². The average Bonchev–Trinajstić information content (AvgIpc) is 3.03. The van der Waals surface area contributed by atoms with Gasteiger partial charge in [0, 0.05) is 38.8 Å². The van der Waals surface area contributed by atoms with Crippen LogP contribution in [-0.2, 0) is 20.9 Å². The summed E-state index contributed by atoms with van der Waals surface area (Å²) in [5.74, 6) is -0.537. The Morgan fingerprint density at radius 3 is 2.36 bits per heavy atom. The number of benzene rings is 1. The van der Waals surface area contributed by atoms with E-state index in [1.807, 2.05) is 45.9 Å². The van der Waals surface area contributed by atoms with Crippen LogP contribution in [0.15, 0.2) is 30.3 Å². The average molecular weight is 460 g/mol. The van der Waals surface area contributed by atoms with Gasteiger partial charge in [0.2, 0.25) is 5.91 Å². The predicted octanol–water partition coefficient (Wildman–Crippen LogP) is 3.12. The summed E-state index contributed by atoms with van der Waals surface area (Å²) in [6.07, 6.45) is 0.240. The second-order valence-corrected chi connectivity index (χ2v) is 10.5. The molecule has 2 atom stereocenters. The summed E-state index contributed by atoms with van der Waals surface area (Å²) in [6, 6.07) is 10.0. The highest BCUT2D eigenvalue weighted by molar-refractivity contribution is 5.88. The monoisotopic (exact) mass is 459 g/mol. The first-order valence-corrected chi connectivity index (χ1v) is 11.8. The number of carbonyl (C=O) groups is 3. The number of esters is 1. The van der Waals surface area contributed by atoms with Crippen LogP contribution in [0, 0.1) is 11.3 Å².